The fourth-order valence-corrected chi connectivity index (χ4v) is 5.99. The Morgan fingerprint density at radius 3 is 2.37 bits per heavy atom. The Morgan fingerprint density at radius 1 is 0.816 bits per heavy atom. The highest BCUT2D eigenvalue weighted by atomic mass is 16.7. The third kappa shape index (κ3) is 2.83. The molecule has 0 heterocycles. The fourth-order valence-electron chi connectivity index (χ4n) is 5.99. The molecule has 188 valence electrons. The Kier molecular flexibility index (Phi) is 4.74. The number of hydrogen-bond acceptors (Lipinski definition) is 6. The lowest BCUT2D eigenvalue weighted by molar-refractivity contribution is -0.139. The molecule has 5 aromatic rings. The van der Waals surface area contributed by atoms with Crippen LogP contribution in [0.4, 0.5) is 0 Å². The van der Waals surface area contributed by atoms with Crippen LogP contribution in [-0.2, 0) is 25.7 Å². The van der Waals surface area contributed by atoms with Gasteiger partial charge >= 0.3 is 0 Å². The van der Waals surface area contributed by atoms with Crippen LogP contribution in [0.1, 0.15) is 43.9 Å². The molecule has 0 radical (unpaired) electrons. The molecule has 0 fully saturated rings. The predicted octanol–water partition coefficient (Wildman–Crippen LogP) is 2.31. The molecular weight excluding hydrogens is 484 g/mol. The molecule has 38 heavy (non-hydrogen) atoms. The van der Waals surface area contributed by atoms with Gasteiger partial charge in [0.25, 0.3) is 5.91 Å². The van der Waals surface area contributed by atoms with Gasteiger partial charge in [0.15, 0.2) is 11.9 Å². The van der Waals surface area contributed by atoms with Crippen molar-refractivity contribution in [3.8, 4) is 0 Å². The molecule has 1 atom stereocenters. The first kappa shape index (κ1) is 22.6. The summed E-state index contributed by atoms with van der Waals surface area (Å²) in [6, 6.07) is 11.3. The molecule has 0 saturated heterocycles. The molecule has 0 saturated carbocycles. The summed E-state index contributed by atoms with van der Waals surface area (Å²) in [5.74, 6) is -0.302. The van der Waals surface area contributed by atoms with Crippen molar-refractivity contribution in [2.24, 2.45) is 0 Å². The highest BCUT2D eigenvalue weighted by Gasteiger charge is 2.33. The van der Waals surface area contributed by atoms with Gasteiger partial charge < -0.3 is 4.84 Å². The largest absolute Gasteiger partial charge is 0.380 e. The number of nitrogens with one attached hydrogen (secondary N) is 2. The van der Waals surface area contributed by atoms with E-state index in [2.05, 4.69) is 11.0 Å². The molecule has 2 amide bonds. The molecule has 8 nitrogen and oxygen atoms in total. The van der Waals surface area contributed by atoms with Gasteiger partial charge in [0.1, 0.15) is 0 Å². The van der Waals surface area contributed by atoms with Crippen molar-refractivity contribution in [1.82, 2.24) is 11.0 Å². The first-order valence-electron chi connectivity index (χ1n) is 12.6. The Balaban J connectivity index is 1.71. The molecule has 7 rings (SSSR count). The van der Waals surface area contributed by atoms with Crippen LogP contribution >= 0.6 is 0 Å². The van der Waals surface area contributed by atoms with Crippen LogP contribution in [-0.4, -0.2) is 11.8 Å². The molecule has 2 aliphatic carbocycles. The normalized spacial score (nSPS) is 15.6. The van der Waals surface area contributed by atoms with E-state index in [-0.39, 0.29) is 24.7 Å². The van der Waals surface area contributed by atoms with Crippen LogP contribution in [0.25, 0.3) is 54.9 Å². The van der Waals surface area contributed by atoms with Gasteiger partial charge in [-0.05, 0) is 50.2 Å². The zero-order valence-corrected chi connectivity index (χ0v) is 20.7. The molecule has 5 aromatic carbocycles. The number of hydrogen-bond donors (Lipinski definition) is 2. The number of carbonyl (C=O) groups is 2. The minimum Gasteiger partial charge on any atom is -0.380 e. The van der Waals surface area contributed by atoms with E-state index in [1.54, 1.807) is 19.9 Å². The molecule has 0 bridgehead atoms. The first-order chi connectivity index (χ1) is 18.4. The summed E-state index contributed by atoms with van der Waals surface area (Å²) in [4.78, 5) is 62.5. The van der Waals surface area contributed by atoms with Crippen molar-refractivity contribution in [1.29, 1.82) is 0 Å². The van der Waals surface area contributed by atoms with E-state index in [9.17, 15) is 19.2 Å². The summed E-state index contributed by atoms with van der Waals surface area (Å²) in [5.41, 5.74) is 5.25. The summed E-state index contributed by atoms with van der Waals surface area (Å²) in [7, 11) is 0. The molecule has 8 heteroatoms. The fraction of sp³-hybridized carbons (Fsp3) is 0.200. The predicted molar refractivity (Wildman–Crippen MR) is 144 cm³/mol. The Bertz CT molecular complexity index is 2120. The Labute approximate surface area is 214 Å². The molecule has 0 aliphatic heterocycles. The number of hydroxylamine groups is 2. The van der Waals surface area contributed by atoms with E-state index in [1.807, 2.05) is 36.4 Å². The van der Waals surface area contributed by atoms with Crippen LogP contribution in [0.2, 0.25) is 0 Å². The maximum absolute atomic E-state index is 13.2. The third-order valence-electron chi connectivity index (χ3n) is 7.75. The molecule has 0 aromatic heterocycles. The maximum atomic E-state index is 13.2. The quantitative estimate of drug-likeness (QED) is 0.158. The second kappa shape index (κ2) is 7.97. The zero-order chi connectivity index (χ0) is 26.3. The van der Waals surface area contributed by atoms with E-state index >= 15 is 0 Å². The summed E-state index contributed by atoms with van der Waals surface area (Å²) in [6.07, 6.45) is 1.92. The van der Waals surface area contributed by atoms with Gasteiger partial charge in [-0.25, -0.2) is 5.48 Å². The first-order valence-corrected chi connectivity index (χ1v) is 12.6. The van der Waals surface area contributed by atoms with Crippen LogP contribution in [0, 0.1) is 0 Å². The van der Waals surface area contributed by atoms with Gasteiger partial charge in [0.05, 0.1) is 0 Å². The van der Waals surface area contributed by atoms with Crippen LogP contribution in [0.3, 0.4) is 0 Å². The van der Waals surface area contributed by atoms with Crippen molar-refractivity contribution in [3.05, 3.63) is 78.4 Å². The van der Waals surface area contributed by atoms with Crippen LogP contribution in [0.15, 0.2) is 46.0 Å². The lowest BCUT2D eigenvalue weighted by Gasteiger charge is -2.29. The lowest BCUT2D eigenvalue weighted by atomic mass is 9.79. The highest BCUT2D eigenvalue weighted by molar-refractivity contribution is 6.35. The zero-order valence-electron chi connectivity index (χ0n) is 20.7. The molecule has 2 N–H and O–H groups in total. The Morgan fingerprint density at radius 2 is 1.58 bits per heavy atom. The van der Waals surface area contributed by atoms with Gasteiger partial charge in [-0.2, -0.15) is 5.48 Å². The summed E-state index contributed by atoms with van der Waals surface area (Å²) in [5, 5.41) is 8.01. The monoisotopic (exact) mass is 506 g/mol. The van der Waals surface area contributed by atoms with E-state index in [0.29, 0.717) is 28.3 Å². The topological polar surface area (TPSA) is 111 Å². The minimum absolute atomic E-state index is 0.219. The molecule has 0 spiro atoms. The van der Waals surface area contributed by atoms with Crippen LogP contribution < -0.4 is 32.3 Å². The number of carbonyl (C=O) groups excluding carboxylic acids is 2. The number of amides is 2. The van der Waals surface area contributed by atoms with Gasteiger partial charge in [0, 0.05) is 39.8 Å². The van der Waals surface area contributed by atoms with Crippen LogP contribution in [0.5, 0.6) is 0 Å². The summed E-state index contributed by atoms with van der Waals surface area (Å²) < 4.78 is 0. The van der Waals surface area contributed by atoms with Crippen molar-refractivity contribution in [3.63, 3.8) is 0 Å². The van der Waals surface area contributed by atoms with Crippen molar-refractivity contribution in [2.45, 2.75) is 39.2 Å². The second-order valence-corrected chi connectivity index (χ2v) is 9.71. The smallest absolute Gasteiger partial charge is 0.252 e. The summed E-state index contributed by atoms with van der Waals surface area (Å²) in [6.45, 7) is 3.43. The van der Waals surface area contributed by atoms with Crippen molar-refractivity contribution in [2.75, 3.05) is 0 Å². The Hall–Kier alpha value is -4.56. The van der Waals surface area contributed by atoms with E-state index in [0.717, 1.165) is 48.5 Å². The van der Waals surface area contributed by atoms with Gasteiger partial charge in [-0.1, -0.05) is 50.3 Å². The molecule has 2 aliphatic rings. The van der Waals surface area contributed by atoms with E-state index in [1.165, 1.54) is 0 Å². The average molecular weight is 507 g/mol. The van der Waals surface area contributed by atoms with E-state index < -0.39 is 17.0 Å². The number of benzene rings is 5. The number of rotatable bonds is 6. The van der Waals surface area contributed by atoms with Crippen molar-refractivity contribution >= 4 is 66.7 Å². The van der Waals surface area contributed by atoms with E-state index in [4.69, 9.17) is 9.68 Å². The third-order valence-corrected chi connectivity index (χ3v) is 7.75. The molecule has 1 unspecified atom stereocenters. The second-order valence-electron chi connectivity index (χ2n) is 9.71. The summed E-state index contributed by atoms with van der Waals surface area (Å²) >= 11 is 0. The van der Waals surface area contributed by atoms with Gasteiger partial charge in [-0.15, -0.1) is 0 Å². The minimum atomic E-state index is -0.873. The maximum Gasteiger partial charge on any atom is 0.252 e. The van der Waals surface area contributed by atoms with Gasteiger partial charge in [-0.3, -0.25) is 24.0 Å². The highest BCUT2D eigenvalue weighted by Crippen LogP contribution is 2.45. The SMILES string of the molecule is CCC(=O)NOC1=c2ccc3c4c5c(c(=O)c(=O)c6ccc7ccc(c(c24)c7c65)C1ONC(=O)CC)CC=3. The lowest BCUT2D eigenvalue weighted by Crippen LogP contribution is -2.35. The van der Waals surface area contributed by atoms with Crippen molar-refractivity contribution < 1.29 is 19.3 Å². The van der Waals surface area contributed by atoms with Gasteiger partial charge in [0.2, 0.25) is 16.8 Å². The standard InChI is InChI=1S/C30H22N2O6/c1-3-19(33)31-37-29-17-11-7-13-5-9-15-23-21(13)25(17)26-18(30(29)38-32-20(34)4-2)12-8-14-6-10-16(24(23)22(14)26)28(36)27(15)35/h5-9,11-12,29H,3-4,10H2,1-2H3,(H,31,33)(H,32,34). The molecular formula is C30H22N2O6. The average Bonchev–Trinajstić information content (AvgIpc) is 2.95.